The Morgan fingerprint density at radius 1 is 1.33 bits per heavy atom. The Morgan fingerprint density at radius 3 is 2.90 bits per heavy atom. The molecule has 112 valence electrons. The van der Waals surface area contributed by atoms with Crippen LogP contribution in [0.2, 0.25) is 0 Å². The summed E-state index contributed by atoms with van der Waals surface area (Å²) in [6.07, 6.45) is 2.12. The van der Waals surface area contributed by atoms with E-state index in [1.54, 1.807) is 4.90 Å². The number of rotatable bonds is 4. The number of nitrogens with two attached hydrogens (primary N) is 1. The summed E-state index contributed by atoms with van der Waals surface area (Å²) in [4.78, 5) is 16.8. The fourth-order valence-electron chi connectivity index (χ4n) is 2.86. The maximum absolute atomic E-state index is 12.0. The summed E-state index contributed by atoms with van der Waals surface area (Å²) in [7, 11) is -3.53. The van der Waals surface area contributed by atoms with Gasteiger partial charge in [-0.25, -0.2) is 13.6 Å². The molecule has 1 aromatic heterocycles. The summed E-state index contributed by atoms with van der Waals surface area (Å²) < 4.78 is 22.2. The minimum atomic E-state index is -3.53. The summed E-state index contributed by atoms with van der Waals surface area (Å²) in [5.41, 5.74) is 2.05. The Bertz CT molecular complexity index is 782. The van der Waals surface area contributed by atoms with Crippen LogP contribution in [0.5, 0.6) is 0 Å². The lowest BCUT2D eigenvalue weighted by atomic mass is 10.1. The van der Waals surface area contributed by atoms with E-state index in [4.69, 9.17) is 5.14 Å². The van der Waals surface area contributed by atoms with E-state index in [-0.39, 0.29) is 24.0 Å². The largest absolute Gasteiger partial charge is 0.361 e. The van der Waals surface area contributed by atoms with Crippen LogP contribution in [0.1, 0.15) is 12.0 Å². The van der Waals surface area contributed by atoms with Gasteiger partial charge < -0.3 is 9.88 Å². The first-order chi connectivity index (χ1) is 9.90. The highest BCUT2D eigenvalue weighted by atomic mass is 32.2. The Morgan fingerprint density at radius 2 is 2.14 bits per heavy atom. The number of amides is 1. The molecule has 1 aliphatic rings. The highest BCUT2D eigenvalue weighted by molar-refractivity contribution is 7.89. The molecular formula is C14H17N3O3S. The van der Waals surface area contributed by atoms with Gasteiger partial charge >= 0.3 is 0 Å². The fourth-order valence-corrected chi connectivity index (χ4v) is 3.74. The van der Waals surface area contributed by atoms with Crippen LogP contribution in [0.15, 0.2) is 30.5 Å². The molecule has 21 heavy (non-hydrogen) atoms. The molecule has 1 fully saturated rings. The number of H-pyrrole nitrogens is 1. The number of aromatic nitrogens is 1. The lowest BCUT2D eigenvalue weighted by Gasteiger charge is -2.16. The van der Waals surface area contributed by atoms with E-state index in [9.17, 15) is 13.2 Å². The number of hydrogen-bond donors (Lipinski definition) is 2. The van der Waals surface area contributed by atoms with Gasteiger partial charge in [-0.1, -0.05) is 12.1 Å². The summed E-state index contributed by atoms with van der Waals surface area (Å²) in [5, 5.41) is 6.17. The van der Waals surface area contributed by atoms with E-state index in [1.807, 2.05) is 30.5 Å². The van der Waals surface area contributed by atoms with Crippen molar-refractivity contribution in [2.45, 2.75) is 13.0 Å². The van der Waals surface area contributed by atoms with Crippen molar-refractivity contribution in [2.75, 3.05) is 12.3 Å². The number of hydrogen-bond acceptors (Lipinski definition) is 3. The van der Waals surface area contributed by atoms with Gasteiger partial charge in [0.1, 0.15) is 0 Å². The number of nitrogens with zero attached hydrogens (tertiary/aromatic N) is 1. The van der Waals surface area contributed by atoms with Crippen LogP contribution >= 0.6 is 0 Å². The first-order valence-corrected chi connectivity index (χ1v) is 8.46. The Hall–Kier alpha value is -1.86. The van der Waals surface area contributed by atoms with Crippen LogP contribution in [0.3, 0.4) is 0 Å². The van der Waals surface area contributed by atoms with Crippen molar-refractivity contribution >= 4 is 26.8 Å². The van der Waals surface area contributed by atoms with Crippen LogP contribution in [0.25, 0.3) is 10.9 Å². The molecule has 1 amide bonds. The molecule has 1 aromatic carbocycles. The highest BCUT2D eigenvalue weighted by Gasteiger charge is 2.31. The third-order valence-electron chi connectivity index (χ3n) is 3.76. The van der Waals surface area contributed by atoms with Gasteiger partial charge in [-0.05, 0) is 23.1 Å². The number of likely N-dealkylation sites (tertiary alicyclic amines) is 1. The minimum absolute atomic E-state index is 0.0183. The number of primary sulfonamides is 1. The SMILES string of the molecule is NS(=O)(=O)CC1CC(=O)N(Cc2ccc3cc[nH]c3c2)C1. The molecule has 1 saturated heterocycles. The van der Waals surface area contributed by atoms with Gasteiger partial charge in [-0.15, -0.1) is 0 Å². The zero-order valence-electron chi connectivity index (χ0n) is 11.5. The quantitative estimate of drug-likeness (QED) is 0.874. The summed E-state index contributed by atoms with van der Waals surface area (Å²) in [6.45, 7) is 0.937. The lowest BCUT2D eigenvalue weighted by Crippen LogP contribution is -2.27. The van der Waals surface area contributed by atoms with Gasteiger partial charge in [0.2, 0.25) is 15.9 Å². The predicted molar refractivity (Wildman–Crippen MR) is 79.8 cm³/mol. The molecule has 2 aromatic rings. The maximum atomic E-state index is 12.0. The number of aromatic amines is 1. The van der Waals surface area contributed by atoms with Crippen molar-refractivity contribution < 1.29 is 13.2 Å². The van der Waals surface area contributed by atoms with E-state index in [2.05, 4.69) is 4.98 Å². The molecule has 6 nitrogen and oxygen atoms in total. The van der Waals surface area contributed by atoms with Gasteiger partial charge in [0.25, 0.3) is 0 Å². The molecule has 0 aliphatic carbocycles. The molecule has 7 heteroatoms. The fraction of sp³-hybridized carbons (Fsp3) is 0.357. The van der Waals surface area contributed by atoms with Gasteiger partial charge in [0, 0.05) is 37.1 Å². The maximum Gasteiger partial charge on any atom is 0.223 e. The zero-order chi connectivity index (χ0) is 15.0. The van der Waals surface area contributed by atoms with Gasteiger partial charge in [-0.2, -0.15) is 0 Å². The standard InChI is InChI=1S/C14H17N3O3S/c15-21(19,20)9-11-6-14(18)17(8-11)7-10-1-2-12-3-4-16-13(12)5-10/h1-5,11,16H,6-9H2,(H2,15,19,20). The lowest BCUT2D eigenvalue weighted by molar-refractivity contribution is -0.128. The highest BCUT2D eigenvalue weighted by Crippen LogP contribution is 2.22. The summed E-state index contributed by atoms with van der Waals surface area (Å²) in [5.74, 6) is -0.359. The Balaban J connectivity index is 1.71. The second-order valence-corrected chi connectivity index (χ2v) is 7.23. The number of fused-ring (bicyclic) bond motifs is 1. The van der Waals surface area contributed by atoms with E-state index < -0.39 is 10.0 Å². The normalized spacial score (nSPS) is 19.6. The third kappa shape index (κ3) is 3.25. The summed E-state index contributed by atoms with van der Waals surface area (Å²) in [6, 6.07) is 7.98. The monoisotopic (exact) mass is 307 g/mol. The number of benzene rings is 1. The van der Waals surface area contributed by atoms with Crippen molar-refractivity contribution in [3.8, 4) is 0 Å². The van der Waals surface area contributed by atoms with Crippen molar-refractivity contribution in [3.63, 3.8) is 0 Å². The van der Waals surface area contributed by atoms with Crippen LogP contribution in [0, 0.1) is 5.92 Å². The van der Waals surface area contributed by atoms with Gasteiger partial charge in [0.05, 0.1) is 5.75 Å². The van der Waals surface area contributed by atoms with Crippen molar-refractivity contribution in [2.24, 2.45) is 11.1 Å². The molecule has 1 atom stereocenters. The van der Waals surface area contributed by atoms with Crippen molar-refractivity contribution in [1.82, 2.24) is 9.88 Å². The molecule has 0 saturated carbocycles. The second-order valence-electron chi connectivity index (χ2n) is 5.57. The molecule has 2 heterocycles. The Kier molecular flexibility index (Phi) is 3.46. The zero-order valence-corrected chi connectivity index (χ0v) is 12.3. The topological polar surface area (TPSA) is 96.3 Å². The molecule has 1 aliphatic heterocycles. The van der Waals surface area contributed by atoms with Crippen LogP contribution in [-0.2, 0) is 21.4 Å². The first-order valence-electron chi connectivity index (χ1n) is 6.75. The average molecular weight is 307 g/mol. The van der Waals surface area contributed by atoms with Crippen molar-refractivity contribution in [1.29, 1.82) is 0 Å². The number of carbonyl (C=O) groups excluding carboxylic acids is 1. The predicted octanol–water partition coefficient (Wildman–Crippen LogP) is 0.805. The smallest absolute Gasteiger partial charge is 0.223 e. The van der Waals surface area contributed by atoms with Crippen LogP contribution < -0.4 is 5.14 Å². The number of nitrogens with one attached hydrogen (secondary N) is 1. The third-order valence-corrected chi connectivity index (χ3v) is 4.69. The number of sulfonamides is 1. The molecule has 0 spiro atoms. The van der Waals surface area contributed by atoms with E-state index in [0.29, 0.717) is 13.1 Å². The first kappa shape index (κ1) is 14.1. The van der Waals surface area contributed by atoms with Crippen molar-refractivity contribution in [3.05, 3.63) is 36.0 Å². The van der Waals surface area contributed by atoms with Crippen LogP contribution in [-0.4, -0.2) is 36.5 Å². The average Bonchev–Trinajstić information content (AvgIpc) is 2.94. The van der Waals surface area contributed by atoms with Gasteiger partial charge in [-0.3, -0.25) is 4.79 Å². The van der Waals surface area contributed by atoms with E-state index in [1.165, 1.54) is 0 Å². The van der Waals surface area contributed by atoms with E-state index in [0.717, 1.165) is 16.5 Å². The molecule has 3 N–H and O–H groups in total. The molecule has 0 radical (unpaired) electrons. The van der Waals surface area contributed by atoms with Gasteiger partial charge in [0.15, 0.2) is 0 Å². The Labute approximate surface area is 123 Å². The minimum Gasteiger partial charge on any atom is -0.361 e. The van der Waals surface area contributed by atoms with Crippen LogP contribution in [0.4, 0.5) is 0 Å². The summed E-state index contributed by atoms with van der Waals surface area (Å²) >= 11 is 0. The number of carbonyl (C=O) groups is 1. The molecule has 1 unspecified atom stereocenters. The molecule has 0 bridgehead atoms. The second kappa shape index (κ2) is 5.16. The van der Waals surface area contributed by atoms with E-state index >= 15 is 0 Å². The molecular weight excluding hydrogens is 290 g/mol. The molecule has 3 rings (SSSR count).